The van der Waals surface area contributed by atoms with Crippen molar-refractivity contribution in [3.63, 3.8) is 0 Å². The first-order chi connectivity index (χ1) is 15.1. The molecule has 0 radical (unpaired) electrons. The van der Waals surface area contributed by atoms with Gasteiger partial charge in [0.25, 0.3) is 5.91 Å². The number of anilines is 3. The number of benzene rings is 3. The molecule has 32 heavy (non-hydrogen) atoms. The highest BCUT2D eigenvalue weighted by Crippen LogP contribution is 2.37. The van der Waals surface area contributed by atoms with Gasteiger partial charge in [-0.3, -0.25) is 9.35 Å². The number of phenolic OH excluding ortho intramolecular Hbond substituents is 1. The van der Waals surface area contributed by atoms with Gasteiger partial charge in [0.15, 0.2) is 0 Å². The molecule has 0 spiro atoms. The number of phenols is 1. The van der Waals surface area contributed by atoms with Crippen molar-refractivity contribution >= 4 is 44.2 Å². The van der Waals surface area contributed by atoms with Gasteiger partial charge in [-0.1, -0.05) is 0 Å². The number of amides is 1. The van der Waals surface area contributed by atoms with Crippen LogP contribution in [0, 0.1) is 11.6 Å². The molecule has 0 saturated heterocycles. The average Bonchev–Trinajstić information content (AvgIpc) is 3.14. The second-order valence-corrected chi connectivity index (χ2v) is 8.03. The van der Waals surface area contributed by atoms with Crippen LogP contribution in [-0.2, 0) is 10.3 Å². The van der Waals surface area contributed by atoms with Crippen LogP contribution in [0.15, 0.2) is 66.9 Å². The molecular weight excluding hydrogens is 444 g/mol. The van der Waals surface area contributed by atoms with Gasteiger partial charge < -0.3 is 15.4 Å². The van der Waals surface area contributed by atoms with E-state index < -0.39 is 33.6 Å². The Bertz CT molecular complexity index is 1440. The number of aromatic nitrogens is 1. The maximum absolute atomic E-state index is 13.6. The van der Waals surface area contributed by atoms with Gasteiger partial charge >= 0.3 is 10.3 Å². The first-order valence-electron chi connectivity index (χ1n) is 9.08. The van der Waals surface area contributed by atoms with E-state index in [1.807, 2.05) is 0 Å². The summed E-state index contributed by atoms with van der Waals surface area (Å²) in [5, 5.41) is 13.1. The molecule has 0 saturated carbocycles. The molecule has 8 nitrogen and oxygen atoms in total. The molecule has 0 fully saturated rings. The maximum atomic E-state index is 13.6. The number of H-pyrrole nitrogens is 1. The van der Waals surface area contributed by atoms with Crippen molar-refractivity contribution in [3.05, 3.63) is 84.1 Å². The SMILES string of the molecule is O=C(Nc1ccc(O)c(N(c2ccc(F)cc2)S(=O)(=O)O)c1)c1c[nH]c2ccc(F)cc12. The van der Waals surface area contributed by atoms with Crippen LogP contribution in [-0.4, -0.2) is 29.0 Å². The molecular formula is C21H15F2N3O5S. The highest BCUT2D eigenvalue weighted by Gasteiger charge is 2.25. The molecule has 164 valence electrons. The quantitative estimate of drug-likeness (QED) is 0.261. The molecule has 4 rings (SSSR count). The van der Waals surface area contributed by atoms with Gasteiger partial charge in [0.1, 0.15) is 23.1 Å². The lowest BCUT2D eigenvalue weighted by molar-refractivity contribution is 0.102. The minimum absolute atomic E-state index is 0.0734. The fourth-order valence-electron chi connectivity index (χ4n) is 3.22. The standard InChI is InChI=1S/C21H15F2N3O5S/c22-12-1-5-15(6-2-12)26(32(29,30)31)19-10-14(4-8-20(19)27)25-21(28)17-11-24-18-7-3-13(23)9-16(17)18/h1-11,24,27H,(H,25,28)(H,29,30,31). The van der Waals surface area contributed by atoms with Crippen molar-refractivity contribution in [3.8, 4) is 5.75 Å². The highest BCUT2D eigenvalue weighted by molar-refractivity contribution is 7.87. The Balaban J connectivity index is 1.72. The van der Waals surface area contributed by atoms with E-state index in [2.05, 4.69) is 10.3 Å². The first-order valence-corrected chi connectivity index (χ1v) is 10.5. The highest BCUT2D eigenvalue weighted by atomic mass is 32.2. The van der Waals surface area contributed by atoms with Crippen molar-refractivity contribution in [2.24, 2.45) is 0 Å². The fraction of sp³-hybridized carbons (Fsp3) is 0. The predicted molar refractivity (Wildman–Crippen MR) is 114 cm³/mol. The second-order valence-electron chi connectivity index (χ2n) is 6.77. The van der Waals surface area contributed by atoms with E-state index in [1.54, 1.807) is 0 Å². The van der Waals surface area contributed by atoms with E-state index in [1.165, 1.54) is 30.5 Å². The smallest absolute Gasteiger partial charge is 0.364 e. The Labute approximate surface area is 180 Å². The van der Waals surface area contributed by atoms with Crippen LogP contribution < -0.4 is 9.62 Å². The summed E-state index contributed by atoms with van der Waals surface area (Å²) in [6.07, 6.45) is 1.39. The molecule has 0 atom stereocenters. The van der Waals surface area contributed by atoms with Crippen LogP contribution in [0.5, 0.6) is 5.75 Å². The van der Waals surface area contributed by atoms with Crippen molar-refractivity contribution in [1.29, 1.82) is 0 Å². The number of carbonyl (C=O) groups excluding carboxylic acids is 1. The molecule has 4 N–H and O–H groups in total. The largest absolute Gasteiger partial charge is 0.506 e. The molecule has 3 aromatic carbocycles. The van der Waals surface area contributed by atoms with Gasteiger partial charge in [0.05, 0.1) is 11.3 Å². The summed E-state index contributed by atoms with van der Waals surface area (Å²) in [4.78, 5) is 15.6. The van der Waals surface area contributed by atoms with Gasteiger partial charge in [-0.15, -0.1) is 0 Å². The monoisotopic (exact) mass is 459 g/mol. The van der Waals surface area contributed by atoms with Crippen LogP contribution in [0.25, 0.3) is 10.9 Å². The third kappa shape index (κ3) is 4.11. The van der Waals surface area contributed by atoms with Gasteiger partial charge in [0.2, 0.25) is 0 Å². The van der Waals surface area contributed by atoms with Crippen molar-refractivity contribution in [2.45, 2.75) is 0 Å². The zero-order valence-electron chi connectivity index (χ0n) is 16.1. The molecule has 0 unspecified atom stereocenters. The third-order valence-corrected chi connectivity index (χ3v) is 5.50. The van der Waals surface area contributed by atoms with Crippen molar-refractivity contribution < 1.29 is 31.7 Å². The van der Waals surface area contributed by atoms with E-state index in [4.69, 9.17) is 0 Å². The summed E-state index contributed by atoms with van der Waals surface area (Å²) in [5.41, 5.74) is 0.210. The molecule has 0 aliphatic rings. The number of aromatic hydroxyl groups is 1. The summed E-state index contributed by atoms with van der Waals surface area (Å²) < 4.78 is 61.0. The summed E-state index contributed by atoms with van der Waals surface area (Å²) >= 11 is 0. The van der Waals surface area contributed by atoms with E-state index >= 15 is 0 Å². The topological polar surface area (TPSA) is 123 Å². The van der Waals surface area contributed by atoms with E-state index in [0.29, 0.717) is 15.2 Å². The van der Waals surface area contributed by atoms with E-state index in [0.717, 1.165) is 36.4 Å². The van der Waals surface area contributed by atoms with Crippen LogP contribution in [0.2, 0.25) is 0 Å². The Morgan fingerprint density at radius 3 is 2.34 bits per heavy atom. The lowest BCUT2D eigenvalue weighted by Gasteiger charge is -2.22. The fourth-order valence-corrected chi connectivity index (χ4v) is 4.00. The second kappa shape index (κ2) is 7.94. The zero-order chi connectivity index (χ0) is 23.0. The number of fused-ring (bicyclic) bond motifs is 1. The minimum Gasteiger partial charge on any atom is -0.506 e. The van der Waals surface area contributed by atoms with E-state index in [9.17, 15) is 31.7 Å². The zero-order valence-corrected chi connectivity index (χ0v) is 16.9. The Kier molecular flexibility index (Phi) is 5.28. The maximum Gasteiger partial charge on any atom is 0.364 e. The summed E-state index contributed by atoms with van der Waals surface area (Å²) in [6, 6.07) is 11.6. The molecule has 0 aliphatic carbocycles. The van der Waals surface area contributed by atoms with Crippen LogP contribution in [0.3, 0.4) is 0 Å². The lowest BCUT2D eigenvalue weighted by atomic mass is 10.1. The third-order valence-electron chi connectivity index (χ3n) is 4.63. The number of nitrogens with one attached hydrogen (secondary N) is 2. The average molecular weight is 459 g/mol. The number of hydrogen-bond donors (Lipinski definition) is 4. The van der Waals surface area contributed by atoms with Crippen LogP contribution in [0.1, 0.15) is 10.4 Å². The molecule has 1 aromatic heterocycles. The number of hydrogen-bond acceptors (Lipinski definition) is 4. The lowest BCUT2D eigenvalue weighted by Crippen LogP contribution is -2.25. The number of rotatable bonds is 5. The Morgan fingerprint density at radius 2 is 1.66 bits per heavy atom. The number of aromatic amines is 1. The van der Waals surface area contributed by atoms with Crippen molar-refractivity contribution in [2.75, 3.05) is 9.62 Å². The van der Waals surface area contributed by atoms with Gasteiger partial charge in [-0.25, -0.2) is 13.1 Å². The van der Waals surface area contributed by atoms with Gasteiger partial charge in [-0.2, -0.15) is 8.42 Å². The van der Waals surface area contributed by atoms with Gasteiger partial charge in [-0.05, 0) is 60.7 Å². The summed E-state index contributed by atoms with van der Waals surface area (Å²) in [5.74, 6) is -2.32. The first kappa shape index (κ1) is 21.3. The predicted octanol–water partition coefficient (Wildman–Crippen LogP) is 4.34. The minimum atomic E-state index is -4.94. The van der Waals surface area contributed by atoms with E-state index in [-0.39, 0.29) is 22.6 Å². The van der Waals surface area contributed by atoms with Crippen LogP contribution >= 0.6 is 0 Å². The van der Waals surface area contributed by atoms with Gasteiger partial charge in [0, 0.05) is 22.8 Å². The molecule has 1 amide bonds. The molecule has 4 aromatic rings. The number of halogens is 2. The Morgan fingerprint density at radius 1 is 0.969 bits per heavy atom. The van der Waals surface area contributed by atoms with Crippen molar-refractivity contribution in [1.82, 2.24) is 4.98 Å². The number of nitrogens with zero attached hydrogens (tertiary/aromatic N) is 1. The Hall–Kier alpha value is -3.96. The normalized spacial score (nSPS) is 11.5. The molecule has 0 aliphatic heterocycles. The summed E-state index contributed by atoms with van der Waals surface area (Å²) in [6.45, 7) is 0. The number of carbonyl (C=O) groups is 1. The van der Waals surface area contributed by atoms with Crippen LogP contribution in [0.4, 0.5) is 25.8 Å². The summed E-state index contributed by atoms with van der Waals surface area (Å²) in [7, 11) is -4.94. The molecule has 0 bridgehead atoms. The molecule has 1 heterocycles. The molecule has 11 heteroatoms.